The lowest BCUT2D eigenvalue weighted by atomic mass is 9.88. The van der Waals surface area contributed by atoms with Crippen LogP contribution in [-0.4, -0.2) is 49.2 Å². The Kier molecular flexibility index (Phi) is 4.55. The molecule has 0 unspecified atom stereocenters. The van der Waals surface area contributed by atoms with Crippen LogP contribution in [0.5, 0.6) is 11.5 Å². The summed E-state index contributed by atoms with van der Waals surface area (Å²) >= 11 is 0. The van der Waals surface area contributed by atoms with Gasteiger partial charge in [0.1, 0.15) is 0 Å². The molecule has 1 saturated heterocycles. The number of ether oxygens (including phenoxy) is 2. The van der Waals surface area contributed by atoms with E-state index in [-0.39, 0.29) is 30.3 Å². The lowest BCUT2D eigenvalue weighted by Gasteiger charge is -2.41. The highest BCUT2D eigenvalue weighted by atomic mass is 19.1. The number of hydrogen-bond donors (Lipinski definition) is 1. The van der Waals surface area contributed by atoms with Crippen molar-refractivity contribution in [3.05, 3.63) is 41.4 Å². The first-order valence-electron chi connectivity index (χ1n) is 9.11. The summed E-state index contributed by atoms with van der Waals surface area (Å²) < 4.78 is 23.8. The molecule has 6 nitrogen and oxygen atoms in total. The molecule has 1 aromatic rings. The minimum atomic E-state index is -0.480. The second kappa shape index (κ2) is 6.88. The van der Waals surface area contributed by atoms with Crippen molar-refractivity contribution in [1.29, 1.82) is 0 Å². The Hall–Kier alpha value is -2.54. The lowest BCUT2D eigenvalue weighted by molar-refractivity contribution is -0.126. The number of carbonyl (C=O) groups is 1. The van der Waals surface area contributed by atoms with Crippen molar-refractivity contribution in [3.8, 4) is 11.5 Å². The van der Waals surface area contributed by atoms with Crippen LogP contribution in [0.2, 0.25) is 0 Å². The highest BCUT2D eigenvalue weighted by Gasteiger charge is 2.38. The Bertz CT molecular complexity index is 823. The van der Waals surface area contributed by atoms with Crippen LogP contribution in [0.1, 0.15) is 30.0 Å². The number of carbonyl (C=O) groups excluding carboxylic acids is 1. The maximum absolute atomic E-state index is 13.0. The van der Waals surface area contributed by atoms with Gasteiger partial charge in [-0.15, -0.1) is 0 Å². The third-order valence-corrected chi connectivity index (χ3v) is 5.61. The van der Waals surface area contributed by atoms with Gasteiger partial charge in [0.2, 0.25) is 5.91 Å². The number of likely N-dealkylation sites (tertiary alicyclic amines) is 1. The molecular formula is C20H24FN3O3. The first-order valence-corrected chi connectivity index (χ1v) is 9.11. The number of amides is 1. The zero-order chi connectivity index (χ0) is 19.1. The smallest absolute Gasteiger partial charge is 0.227 e. The zero-order valence-electron chi connectivity index (χ0n) is 15.5. The molecule has 1 amide bonds. The average Bonchev–Trinajstić information content (AvgIpc) is 3.06. The van der Waals surface area contributed by atoms with Gasteiger partial charge in [0.15, 0.2) is 11.5 Å². The molecule has 0 spiro atoms. The topological polar surface area (TPSA) is 68.0 Å². The van der Waals surface area contributed by atoms with Crippen molar-refractivity contribution in [3.63, 3.8) is 0 Å². The van der Waals surface area contributed by atoms with Gasteiger partial charge in [-0.2, -0.15) is 0 Å². The number of fused-ring (bicyclic) bond motifs is 3. The SMILES string of the molecule is COc1cc2c(cc1OC)[C@@H]1C[C@H](N)C(N3C[C@@H](CF)CC3=O)=CN1C=C2. The first kappa shape index (κ1) is 17.9. The molecule has 1 aromatic carbocycles. The van der Waals surface area contributed by atoms with Crippen LogP contribution >= 0.6 is 0 Å². The van der Waals surface area contributed by atoms with Crippen LogP contribution in [0, 0.1) is 5.92 Å². The zero-order valence-corrected chi connectivity index (χ0v) is 15.5. The molecule has 3 atom stereocenters. The standard InChI is InChI=1S/C20H24FN3O3/c1-26-18-6-13-3-4-23-11-17(24-10-12(9-21)5-20(24)25)15(22)8-16(23)14(13)7-19(18)27-2/h3-4,6-7,11-12,15-16H,5,8-10,22H2,1-2H3/t12-,15+,16+/m1/s1. The normalized spacial score (nSPS) is 26.6. The van der Waals surface area contributed by atoms with Gasteiger partial charge in [-0.3, -0.25) is 9.18 Å². The Balaban J connectivity index is 1.67. The highest BCUT2D eigenvalue weighted by molar-refractivity contribution is 5.81. The van der Waals surface area contributed by atoms with Crippen LogP contribution in [0.3, 0.4) is 0 Å². The Morgan fingerprint density at radius 2 is 2.00 bits per heavy atom. The molecule has 0 saturated carbocycles. The van der Waals surface area contributed by atoms with Gasteiger partial charge in [-0.25, -0.2) is 0 Å². The van der Waals surface area contributed by atoms with Crippen LogP contribution in [0.15, 0.2) is 30.2 Å². The highest BCUT2D eigenvalue weighted by Crippen LogP contribution is 2.43. The summed E-state index contributed by atoms with van der Waals surface area (Å²) in [5.74, 6) is 1.07. The molecule has 144 valence electrons. The second-order valence-electron chi connectivity index (χ2n) is 7.24. The number of nitrogens with two attached hydrogens (primary N) is 1. The molecule has 27 heavy (non-hydrogen) atoms. The first-order chi connectivity index (χ1) is 13.0. The molecule has 3 aliphatic heterocycles. The molecule has 3 aliphatic rings. The van der Waals surface area contributed by atoms with E-state index < -0.39 is 6.67 Å². The van der Waals surface area contributed by atoms with Crippen molar-refractivity contribution in [2.24, 2.45) is 11.7 Å². The summed E-state index contributed by atoms with van der Waals surface area (Å²) in [6, 6.07) is 3.71. The molecule has 2 N–H and O–H groups in total. The molecule has 0 aliphatic carbocycles. The van der Waals surface area contributed by atoms with E-state index >= 15 is 0 Å². The van der Waals surface area contributed by atoms with E-state index in [1.165, 1.54) is 0 Å². The Morgan fingerprint density at radius 1 is 1.26 bits per heavy atom. The fraction of sp³-hybridized carbons (Fsp3) is 0.450. The molecule has 0 aromatic heterocycles. The number of hydrogen-bond acceptors (Lipinski definition) is 5. The van der Waals surface area contributed by atoms with E-state index in [2.05, 4.69) is 4.90 Å². The van der Waals surface area contributed by atoms with Crippen LogP contribution < -0.4 is 15.2 Å². The quantitative estimate of drug-likeness (QED) is 0.878. The lowest BCUT2D eigenvalue weighted by Crippen LogP contribution is -2.43. The largest absolute Gasteiger partial charge is 0.493 e. The number of halogens is 1. The summed E-state index contributed by atoms with van der Waals surface area (Å²) in [6.45, 7) is -0.0787. The van der Waals surface area contributed by atoms with Crippen LogP contribution in [0.4, 0.5) is 4.39 Å². The van der Waals surface area contributed by atoms with E-state index in [9.17, 15) is 9.18 Å². The van der Waals surface area contributed by atoms with Gasteiger partial charge in [0.05, 0.1) is 32.6 Å². The summed E-state index contributed by atoms with van der Waals surface area (Å²) in [5.41, 5.74) is 9.37. The maximum Gasteiger partial charge on any atom is 0.227 e. The van der Waals surface area contributed by atoms with Crippen molar-refractivity contribution in [2.45, 2.75) is 24.9 Å². The molecule has 1 fully saturated rings. The number of benzene rings is 1. The third kappa shape index (κ3) is 2.96. The van der Waals surface area contributed by atoms with Gasteiger partial charge in [-0.05, 0) is 35.8 Å². The molecule has 4 rings (SSSR count). The van der Waals surface area contributed by atoms with Crippen LogP contribution in [-0.2, 0) is 4.79 Å². The van der Waals surface area contributed by atoms with Crippen LogP contribution in [0.25, 0.3) is 6.08 Å². The minimum Gasteiger partial charge on any atom is -0.493 e. The molecule has 3 heterocycles. The summed E-state index contributed by atoms with van der Waals surface area (Å²) in [7, 11) is 3.23. The number of methoxy groups -OCH3 is 2. The monoisotopic (exact) mass is 373 g/mol. The van der Waals surface area contributed by atoms with Crippen molar-refractivity contribution in [2.75, 3.05) is 27.4 Å². The summed E-state index contributed by atoms with van der Waals surface area (Å²) in [5, 5.41) is 0. The number of rotatable bonds is 4. The van der Waals surface area contributed by atoms with E-state index in [0.29, 0.717) is 24.5 Å². The fourth-order valence-electron chi connectivity index (χ4n) is 4.17. The van der Waals surface area contributed by atoms with E-state index in [0.717, 1.165) is 16.8 Å². The van der Waals surface area contributed by atoms with Crippen molar-refractivity contribution < 1.29 is 18.7 Å². The van der Waals surface area contributed by atoms with Crippen molar-refractivity contribution in [1.82, 2.24) is 9.80 Å². The predicted octanol–water partition coefficient (Wildman–Crippen LogP) is 2.42. The predicted molar refractivity (Wildman–Crippen MR) is 99.6 cm³/mol. The second-order valence-corrected chi connectivity index (χ2v) is 7.24. The molecule has 0 radical (unpaired) electrons. The van der Waals surface area contributed by atoms with Crippen molar-refractivity contribution >= 4 is 12.0 Å². The summed E-state index contributed by atoms with van der Waals surface area (Å²) in [6.07, 6.45) is 6.82. The number of nitrogens with zero attached hydrogens (tertiary/aromatic N) is 2. The van der Waals surface area contributed by atoms with E-state index in [1.807, 2.05) is 30.6 Å². The summed E-state index contributed by atoms with van der Waals surface area (Å²) in [4.78, 5) is 16.0. The number of alkyl halides is 1. The average molecular weight is 373 g/mol. The van der Waals surface area contributed by atoms with Gasteiger partial charge < -0.3 is 25.0 Å². The van der Waals surface area contributed by atoms with E-state index in [1.54, 1.807) is 19.1 Å². The van der Waals surface area contributed by atoms with Gasteiger partial charge >= 0.3 is 0 Å². The van der Waals surface area contributed by atoms with Gasteiger partial charge in [0.25, 0.3) is 0 Å². The Labute approximate surface area is 158 Å². The molecular weight excluding hydrogens is 349 g/mol. The van der Waals surface area contributed by atoms with E-state index in [4.69, 9.17) is 15.2 Å². The molecule has 0 bridgehead atoms. The van der Waals surface area contributed by atoms with Gasteiger partial charge in [0, 0.05) is 37.3 Å². The fourth-order valence-corrected chi connectivity index (χ4v) is 4.17. The molecule has 7 heteroatoms. The Morgan fingerprint density at radius 3 is 2.67 bits per heavy atom. The minimum absolute atomic E-state index is 0.0504. The maximum atomic E-state index is 13.0. The third-order valence-electron chi connectivity index (χ3n) is 5.61. The van der Waals surface area contributed by atoms with Gasteiger partial charge in [-0.1, -0.05) is 0 Å².